The molecule has 2 rings (SSSR count). The fourth-order valence-electron chi connectivity index (χ4n) is 1.83. The van der Waals surface area contributed by atoms with Gasteiger partial charge in [0, 0.05) is 7.11 Å². The zero-order valence-electron chi connectivity index (χ0n) is 10.6. The summed E-state index contributed by atoms with van der Waals surface area (Å²) in [7, 11) is 1.70. The van der Waals surface area contributed by atoms with Gasteiger partial charge in [-0.25, -0.2) is 0 Å². The van der Waals surface area contributed by atoms with Gasteiger partial charge in [0.05, 0.1) is 13.2 Å². The molecule has 18 heavy (non-hydrogen) atoms. The van der Waals surface area contributed by atoms with E-state index in [0.717, 1.165) is 5.56 Å². The standard InChI is InChI=1S/C16H18O2/c1-17-13-16(15-10-6-3-7-11-15)18-12-14-8-4-2-5-9-14/h2-11,16H,12-13H2,1H3/t16-/m0/s1. The molecule has 0 bridgehead atoms. The largest absolute Gasteiger partial charge is 0.382 e. The van der Waals surface area contributed by atoms with E-state index in [9.17, 15) is 0 Å². The Bertz CT molecular complexity index is 439. The second-order valence-corrected chi connectivity index (χ2v) is 4.15. The van der Waals surface area contributed by atoms with Crippen LogP contribution in [0.2, 0.25) is 0 Å². The summed E-state index contributed by atoms with van der Waals surface area (Å²) < 4.78 is 11.2. The Labute approximate surface area is 108 Å². The predicted octanol–water partition coefficient (Wildman–Crippen LogP) is 3.59. The van der Waals surface area contributed by atoms with Crippen LogP contribution in [0.5, 0.6) is 0 Å². The lowest BCUT2D eigenvalue weighted by atomic mass is 10.1. The van der Waals surface area contributed by atoms with Crippen LogP contribution in [0.4, 0.5) is 0 Å². The van der Waals surface area contributed by atoms with Crippen LogP contribution < -0.4 is 0 Å². The first-order valence-corrected chi connectivity index (χ1v) is 6.09. The first-order chi connectivity index (χ1) is 8.90. The smallest absolute Gasteiger partial charge is 0.106 e. The molecule has 0 spiro atoms. The van der Waals surface area contributed by atoms with Crippen LogP contribution in [-0.2, 0) is 16.1 Å². The summed E-state index contributed by atoms with van der Waals surface area (Å²) in [6.07, 6.45) is -0.0172. The number of ether oxygens (including phenoxy) is 2. The maximum atomic E-state index is 5.93. The molecular formula is C16H18O2. The van der Waals surface area contributed by atoms with Gasteiger partial charge < -0.3 is 9.47 Å². The number of rotatable bonds is 6. The molecule has 2 heteroatoms. The van der Waals surface area contributed by atoms with Gasteiger partial charge in [0.2, 0.25) is 0 Å². The quantitative estimate of drug-likeness (QED) is 0.770. The van der Waals surface area contributed by atoms with E-state index in [1.807, 2.05) is 36.4 Å². The molecule has 0 amide bonds. The van der Waals surface area contributed by atoms with Crippen molar-refractivity contribution >= 4 is 0 Å². The highest BCUT2D eigenvalue weighted by Gasteiger charge is 2.11. The van der Waals surface area contributed by atoms with Gasteiger partial charge in [-0.2, -0.15) is 0 Å². The van der Waals surface area contributed by atoms with Crippen LogP contribution >= 0.6 is 0 Å². The minimum absolute atomic E-state index is 0.0172. The van der Waals surface area contributed by atoms with E-state index in [-0.39, 0.29) is 6.10 Å². The summed E-state index contributed by atoms with van der Waals surface area (Å²) in [5.74, 6) is 0. The second kappa shape index (κ2) is 6.94. The summed E-state index contributed by atoms with van der Waals surface area (Å²) in [5, 5.41) is 0. The molecule has 0 aromatic heterocycles. The molecule has 0 radical (unpaired) electrons. The van der Waals surface area contributed by atoms with Crippen molar-refractivity contribution in [1.82, 2.24) is 0 Å². The van der Waals surface area contributed by atoms with Crippen molar-refractivity contribution in [2.45, 2.75) is 12.7 Å². The summed E-state index contributed by atoms with van der Waals surface area (Å²) >= 11 is 0. The molecule has 1 atom stereocenters. The zero-order valence-corrected chi connectivity index (χ0v) is 10.6. The van der Waals surface area contributed by atoms with Crippen molar-refractivity contribution in [3.8, 4) is 0 Å². The molecular weight excluding hydrogens is 224 g/mol. The van der Waals surface area contributed by atoms with Gasteiger partial charge in [0.25, 0.3) is 0 Å². The van der Waals surface area contributed by atoms with E-state index in [1.54, 1.807) is 7.11 Å². The van der Waals surface area contributed by atoms with E-state index in [4.69, 9.17) is 9.47 Å². The van der Waals surface area contributed by atoms with Gasteiger partial charge in [-0.05, 0) is 11.1 Å². The lowest BCUT2D eigenvalue weighted by Gasteiger charge is -2.17. The van der Waals surface area contributed by atoms with Crippen molar-refractivity contribution in [1.29, 1.82) is 0 Å². The third-order valence-electron chi connectivity index (χ3n) is 2.78. The molecule has 94 valence electrons. The van der Waals surface area contributed by atoms with Gasteiger partial charge in [-0.15, -0.1) is 0 Å². The first kappa shape index (κ1) is 12.8. The molecule has 0 saturated carbocycles. The highest BCUT2D eigenvalue weighted by Crippen LogP contribution is 2.19. The number of hydrogen-bond acceptors (Lipinski definition) is 2. The van der Waals surface area contributed by atoms with E-state index in [0.29, 0.717) is 13.2 Å². The van der Waals surface area contributed by atoms with E-state index >= 15 is 0 Å². The molecule has 0 aliphatic carbocycles. The molecule has 2 nitrogen and oxygen atoms in total. The molecule has 0 aliphatic rings. The predicted molar refractivity (Wildman–Crippen MR) is 72.3 cm³/mol. The van der Waals surface area contributed by atoms with Gasteiger partial charge in [-0.3, -0.25) is 0 Å². The fourth-order valence-corrected chi connectivity index (χ4v) is 1.83. The van der Waals surface area contributed by atoms with Gasteiger partial charge in [0.15, 0.2) is 0 Å². The van der Waals surface area contributed by atoms with Crippen LogP contribution in [0.15, 0.2) is 60.7 Å². The van der Waals surface area contributed by atoms with Crippen LogP contribution in [0, 0.1) is 0 Å². The summed E-state index contributed by atoms with van der Waals surface area (Å²) in [4.78, 5) is 0. The normalized spacial score (nSPS) is 12.3. The van der Waals surface area contributed by atoms with E-state index in [2.05, 4.69) is 24.3 Å². The van der Waals surface area contributed by atoms with E-state index < -0.39 is 0 Å². The van der Waals surface area contributed by atoms with Crippen molar-refractivity contribution in [3.63, 3.8) is 0 Å². The highest BCUT2D eigenvalue weighted by molar-refractivity contribution is 5.18. The maximum absolute atomic E-state index is 5.93. The van der Waals surface area contributed by atoms with Crippen LogP contribution in [0.1, 0.15) is 17.2 Å². The Morgan fingerprint density at radius 2 is 1.50 bits per heavy atom. The second-order valence-electron chi connectivity index (χ2n) is 4.15. The van der Waals surface area contributed by atoms with E-state index in [1.165, 1.54) is 5.56 Å². The summed E-state index contributed by atoms with van der Waals surface area (Å²) in [6.45, 7) is 1.17. The maximum Gasteiger partial charge on any atom is 0.106 e. The van der Waals surface area contributed by atoms with Gasteiger partial charge >= 0.3 is 0 Å². The Kier molecular flexibility index (Phi) is 4.94. The monoisotopic (exact) mass is 242 g/mol. The lowest BCUT2D eigenvalue weighted by molar-refractivity contribution is -0.0128. The molecule has 0 saturated heterocycles. The molecule has 2 aromatic rings. The van der Waals surface area contributed by atoms with Crippen molar-refractivity contribution < 1.29 is 9.47 Å². The third-order valence-corrected chi connectivity index (χ3v) is 2.78. The van der Waals surface area contributed by atoms with Gasteiger partial charge in [-0.1, -0.05) is 60.7 Å². The SMILES string of the molecule is COC[C@H](OCc1ccccc1)c1ccccc1. The van der Waals surface area contributed by atoms with Crippen LogP contribution in [-0.4, -0.2) is 13.7 Å². The number of benzene rings is 2. The Balaban J connectivity index is 1.99. The molecule has 0 aliphatic heterocycles. The zero-order chi connectivity index (χ0) is 12.6. The fraction of sp³-hybridized carbons (Fsp3) is 0.250. The molecule has 0 N–H and O–H groups in total. The average Bonchev–Trinajstić information content (AvgIpc) is 2.45. The summed E-state index contributed by atoms with van der Waals surface area (Å²) in [5.41, 5.74) is 2.32. The summed E-state index contributed by atoms with van der Waals surface area (Å²) in [6, 6.07) is 20.3. The lowest BCUT2D eigenvalue weighted by Crippen LogP contribution is -2.10. The molecule has 0 fully saturated rings. The van der Waals surface area contributed by atoms with Crippen molar-refractivity contribution in [2.24, 2.45) is 0 Å². The average molecular weight is 242 g/mol. The van der Waals surface area contributed by atoms with Crippen LogP contribution in [0.3, 0.4) is 0 Å². The van der Waals surface area contributed by atoms with Gasteiger partial charge in [0.1, 0.15) is 6.10 Å². The minimum Gasteiger partial charge on any atom is -0.382 e. The first-order valence-electron chi connectivity index (χ1n) is 6.09. The number of methoxy groups -OCH3 is 1. The Morgan fingerprint density at radius 1 is 0.889 bits per heavy atom. The minimum atomic E-state index is -0.0172. The third kappa shape index (κ3) is 3.69. The Morgan fingerprint density at radius 3 is 2.11 bits per heavy atom. The Hall–Kier alpha value is -1.64. The molecule has 0 unspecified atom stereocenters. The molecule has 2 aromatic carbocycles. The van der Waals surface area contributed by atoms with Crippen LogP contribution in [0.25, 0.3) is 0 Å². The molecule has 0 heterocycles. The highest BCUT2D eigenvalue weighted by atomic mass is 16.5. The number of hydrogen-bond donors (Lipinski definition) is 0. The topological polar surface area (TPSA) is 18.5 Å². The van der Waals surface area contributed by atoms with Crippen molar-refractivity contribution in [3.05, 3.63) is 71.8 Å². The van der Waals surface area contributed by atoms with Crippen molar-refractivity contribution in [2.75, 3.05) is 13.7 Å².